The van der Waals surface area contributed by atoms with Gasteiger partial charge in [0.25, 0.3) is 0 Å². The van der Waals surface area contributed by atoms with Crippen LogP contribution in [-0.2, 0) is 0 Å². The lowest BCUT2D eigenvalue weighted by Gasteiger charge is -2.18. The van der Waals surface area contributed by atoms with Crippen molar-refractivity contribution < 1.29 is 4.74 Å². The van der Waals surface area contributed by atoms with Crippen LogP contribution in [0.5, 0.6) is 5.75 Å². The van der Waals surface area contributed by atoms with Gasteiger partial charge in [0.2, 0.25) is 0 Å². The Hall–Kier alpha value is -1.02. The van der Waals surface area contributed by atoms with Gasteiger partial charge < -0.3 is 10.1 Å². The molecule has 0 spiro atoms. The SMILES string of the molecule is CCCCCCNC(C)c1ccccc1OCCC. The van der Waals surface area contributed by atoms with Crippen LogP contribution in [0.15, 0.2) is 24.3 Å². The molecule has 1 aromatic carbocycles. The minimum absolute atomic E-state index is 0.356. The molecule has 0 saturated carbocycles. The van der Waals surface area contributed by atoms with Crippen LogP contribution in [0, 0.1) is 0 Å². The zero-order chi connectivity index (χ0) is 13.9. The summed E-state index contributed by atoms with van der Waals surface area (Å²) in [6.07, 6.45) is 6.27. The summed E-state index contributed by atoms with van der Waals surface area (Å²) < 4.78 is 5.81. The summed E-state index contributed by atoms with van der Waals surface area (Å²) in [6.45, 7) is 8.48. The van der Waals surface area contributed by atoms with Gasteiger partial charge in [-0.3, -0.25) is 0 Å². The molecular formula is C17H29NO. The second-order valence-corrected chi connectivity index (χ2v) is 5.12. The predicted molar refractivity (Wildman–Crippen MR) is 82.8 cm³/mol. The van der Waals surface area contributed by atoms with E-state index in [0.717, 1.165) is 25.3 Å². The summed E-state index contributed by atoms with van der Waals surface area (Å²) in [4.78, 5) is 0. The van der Waals surface area contributed by atoms with Crippen LogP contribution in [0.25, 0.3) is 0 Å². The van der Waals surface area contributed by atoms with Crippen molar-refractivity contribution in [1.82, 2.24) is 5.32 Å². The maximum Gasteiger partial charge on any atom is 0.124 e. The van der Waals surface area contributed by atoms with Crippen LogP contribution in [0.3, 0.4) is 0 Å². The molecule has 2 heteroatoms. The van der Waals surface area contributed by atoms with Crippen LogP contribution in [-0.4, -0.2) is 13.2 Å². The first-order chi connectivity index (χ1) is 9.29. The fraction of sp³-hybridized carbons (Fsp3) is 0.647. The lowest BCUT2D eigenvalue weighted by molar-refractivity contribution is 0.310. The molecule has 0 aliphatic carbocycles. The summed E-state index contributed by atoms with van der Waals surface area (Å²) in [5, 5.41) is 3.59. The van der Waals surface area contributed by atoms with Gasteiger partial charge in [0.05, 0.1) is 6.61 Å². The van der Waals surface area contributed by atoms with E-state index in [1.165, 1.54) is 31.2 Å². The largest absolute Gasteiger partial charge is 0.493 e. The van der Waals surface area contributed by atoms with Crippen LogP contribution in [0.1, 0.15) is 64.5 Å². The van der Waals surface area contributed by atoms with Crippen LogP contribution in [0.2, 0.25) is 0 Å². The number of para-hydroxylation sites is 1. The average molecular weight is 263 g/mol. The highest BCUT2D eigenvalue weighted by Gasteiger charge is 2.10. The second kappa shape index (κ2) is 9.85. The quantitative estimate of drug-likeness (QED) is 0.617. The van der Waals surface area contributed by atoms with E-state index >= 15 is 0 Å². The van der Waals surface area contributed by atoms with Gasteiger partial charge in [-0.25, -0.2) is 0 Å². The van der Waals surface area contributed by atoms with E-state index in [1.807, 2.05) is 6.07 Å². The molecule has 0 radical (unpaired) electrons. The molecule has 0 amide bonds. The number of hydrogen-bond donors (Lipinski definition) is 1. The average Bonchev–Trinajstić information content (AvgIpc) is 2.45. The Labute approximate surface area is 118 Å². The number of unbranched alkanes of at least 4 members (excludes halogenated alkanes) is 3. The minimum atomic E-state index is 0.356. The normalized spacial score (nSPS) is 12.4. The Kier molecular flexibility index (Phi) is 8.31. The molecular weight excluding hydrogens is 234 g/mol. The molecule has 0 aliphatic rings. The third-order valence-electron chi connectivity index (χ3n) is 3.33. The van der Waals surface area contributed by atoms with E-state index in [2.05, 4.69) is 44.3 Å². The number of nitrogens with one attached hydrogen (secondary N) is 1. The van der Waals surface area contributed by atoms with Crippen molar-refractivity contribution in [3.8, 4) is 5.75 Å². The number of benzene rings is 1. The Balaban J connectivity index is 2.44. The monoisotopic (exact) mass is 263 g/mol. The van der Waals surface area contributed by atoms with E-state index < -0.39 is 0 Å². The summed E-state index contributed by atoms with van der Waals surface area (Å²) in [6, 6.07) is 8.72. The highest BCUT2D eigenvalue weighted by molar-refractivity contribution is 5.35. The van der Waals surface area contributed by atoms with Gasteiger partial charge in [0, 0.05) is 11.6 Å². The molecule has 2 nitrogen and oxygen atoms in total. The zero-order valence-electron chi connectivity index (χ0n) is 12.7. The molecule has 0 bridgehead atoms. The zero-order valence-corrected chi connectivity index (χ0v) is 12.7. The summed E-state index contributed by atoms with van der Waals surface area (Å²) in [5.41, 5.74) is 1.27. The van der Waals surface area contributed by atoms with Crippen LogP contribution < -0.4 is 10.1 Å². The van der Waals surface area contributed by atoms with Crippen molar-refractivity contribution in [2.75, 3.05) is 13.2 Å². The summed E-state index contributed by atoms with van der Waals surface area (Å²) in [7, 11) is 0. The Bertz CT molecular complexity index is 338. The third kappa shape index (κ3) is 6.11. The smallest absolute Gasteiger partial charge is 0.124 e. The van der Waals surface area contributed by atoms with Crippen molar-refractivity contribution in [1.29, 1.82) is 0 Å². The molecule has 108 valence electrons. The first kappa shape index (κ1) is 16.0. The summed E-state index contributed by atoms with van der Waals surface area (Å²) in [5.74, 6) is 1.03. The van der Waals surface area contributed by atoms with Crippen LogP contribution in [0.4, 0.5) is 0 Å². The van der Waals surface area contributed by atoms with E-state index in [0.29, 0.717) is 6.04 Å². The highest BCUT2D eigenvalue weighted by atomic mass is 16.5. The van der Waals surface area contributed by atoms with Gasteiger partial charge in [-0.1, -0.05) is 51.3 Å². The van der Waals surface area contributed by atoms with E-state index in [4.69, 9.17) is 4.74 Å². The molecule has 1 unspecified atom stereocenters. The molecule has 1 rings (SSSR count). The molecule has 1 aromatic rings. The molecule has 19 heavy (non-hydrogen) atoms. The van der Waals surface area contributed by atoms with Crippen LogP contribution >= 0.6 is 0 Å². The van der Waals surface area contributed by atoms with Crippen molar-refractivity contribution >= 4 is 0 Å². The Morgan fingerprint density at radius 3 is 2.58 bits per heavy atom. The van der Waals surface area contributed by atoms with E-state index in [9.17, 15) is 0 Å². The third-order valence-corrected chi connectivity index (χ3v) is 3.33. The number of hydrogen-bond acceptors (Lipinski definition) is 2. The van der Waals surface area contributed by atoms with Gasteiger partial charge in [0.15, 0.2) is 0 Å². The van der Waals surface area contributed by atoms with Crippen molar-refractivity contribution in [3.63, 3.8) is 0 Å². The first-order valence-electron chi connectivity index (χ1n) is 7.74. The second-order valence-electron chi connectivity index (χ2n) is 5.12. The van der Waals surface area contributed by atoms with E-state index in [-0.39, 0.29) is 0 Å². The molecule has 0 aromatic heterocycles. The van der Waals surface area contributed by atoms with Crippen molar-refractivity contribution in [2.24, 2.45) is 0 Å². The maximum atomic E-state index is 5.81. The van der Waals surface area contributed by atoms with Gasteiger partial charge in [0.1, 0.15) is 5.75 Å². The predicted octanol–water partition coefficient (Wildman–Crippen LogP) is 4.71. The first-order valence-corrected chi connectivity index (χ1v) is 7.74. The van der Waals surface area contributed by atoms with Gasteiger partial charge in [-0.15, -0.1) is 0 Å². The Morgan fingerprint density at radius 2 is 1.84 bits per heavy atom. The van der Waals surface area contributed by atoms with Gasteiger partial charge in [-0.2, -0.15) is 0 Å². The molecule has 1 atom stereocenters. The minimum Gasteiger partial charge on any atom is -0.493 e. The maximum absolute atomic E-state index is 5.81. The van der Waals surface area contributed by atoms with E-state index in [1.54, 1.807) is 0 Å². The lowest BCUT2D eigenvalue weighted by atomic mass is 10.1. The van der Waals surface area contributed by atoms with Crippen molar-refractivity contribution in [2.45, 2.75) is 58.9 Å². The number of ether oxygens (including phenoxy) is 1. The molecule has 1 N–H and O–H groups in total. The van der Waals surface area contributed by atoms with Gasteiger partial charge in [-0.05, 0) is 32.4 Å². The topological polar surface area (TPSA) is 21.3 Å². The molecule has 0 heterocycles. The van der Waals surface area contributed by atoms with Crippen molar-refractivity contribution in [3.05, 3.63) is 29.8 Å². The fourth-order valence-corrected chi connectivity index (χ4v) is 2.16. The summed E-state index contributed by atoms with van der Waals surface area (Å²) >= 11 is 0. The molecule has 0 saturated heterocycles. The molecule has 0 aliphatic heterocycles. The van der Waals surface area contributed by atoms with Gasteiger partial charge >= 0.3 is 0 Å². The number of rotatable bonds is 10. The fourth-order valence-electron chi connectivity index (χ4n) is 2.16. The highest BCUT2D eigenvalue weighted by Crippen LogP contribution is 2.24. The Morgan fingerprint density at radius 1 is 1.05 bits per heavy atom. The lowest BCUT2D eigenvalue weighted by Crippen LogP contribution is -2.20. The molecule has 0 fully saturated rings. The standard InChI is InChI=1S/C17H29NO/c1-4-6-7-10-13-18-15(3)16-11-8-9-12-17(16)19-14-5-2/h8-9,11-12,15,18H,4-7,10,13-14H2,1-3H3.